The molecule has 1 unspecified atom stereocenters. The fourth-order valence-electron chi connectivity index (χ4n) is 2.19. The van der Waals surface area contributed by atoms with Gasteiger partial charge in [-0.25, -0.2) is 4.79 Å². The lowest BCUT2D eigenvalue weighted by atomic mass is 10.2. The third-order valence-electron chi connectivity index (χ3n) is 3.66. The van der Waals surface area contributed by atoms with Gasteiger partial charge in [-0.2, -0.15) is 0 Å². The Morgan fingerprint density at radius 2 is 1.67 bits per heavy atom. The van der Waals surface area contributed by atoms with Gasteiger partial charge in [0.1, 0.15) is 11.5 Å². The maximum atomic E-state index is 12.3. The van der Waals surface area contributed by atoms with Crippen LogP contribution in [0.2, 0.25) is 0 Å². The van der Waals surface area contributed by atoms with E-state index in [1.807, 2.05) is 13.8 Å². The van der Waals surface area contributed by atoms with Crippen LogP contribution >= 0.6 is 0 Å². The first kappa shape index (κ1) is 20.3. The zero-order valence-corrected chi connectivity index (χ0v) is 16.0. The standard InChI is InChI=1S/C21H25NO5/c1-14(2)13-26-21(24)16-8-10-17(11-9-16)22-20(23)15(3)27-19-7-5-6-18(12-19)25-4/h5-12,14-15H,13H2,1-4H3,(H,22,23). The maximum absolute atomic E-state index is 12.3. The fourth-order valence-corrected chi connectivity index (χ4v) is 2.19. The lowest BCUT2D eigenvalue weighted by Gasteiger charge is -2.15. The molecule has 0 aliphatic carbocycles. The molecular weight excluding hydrogens is 346 g/mol. The van der Waals surface area contributed by atoms with Crippen LogP contribution < -0.4 is 14.8 Å². The van der Waals surface area contributed by atoms with E-state index >= 15 is 0 Å². The van der Waals surface area contributed by atoms with Crippen LogP contribution in [0.25, 0.3) is 0 Å². The molecule has 1 N–H and O–H groups in total. The summed E-state index contributed by atoms with van der Waals surface area (Å²) in [6, 6.07) is 13.6. The van der Waals surface area contributed by atoms with Crippen LogP contribution in [0.4, 0.5) is 5.69 Å². The van der Waals surface area contributed by atoms with Crippen molar-refractivity contribution in [2.24, 2.45) is 5.92 Å². The highest BCUT2D eigenvalue weighted by molar-refractivity contribution is 5.95. The minimum atomic E-state index is -0.701. The van der Waals surface area contributed by atoms with Crippen LogP contribution in [-0.4, -0.2) is 31.7 Å². The molecule has 0 aromatic heterocycles. The zero-order chi connectivity index (χ0) is 19.8. The Balaban J connectivity index is 1.91. The quantitative estimate of drug-likeness (QED) is 0.712. The molecule has 0 saturated carbocycles. The number of rotatable bonds is 8. The SMILES string of the molecule is COc1cccc(OC(C)C(=O)Nc2ccc(C(=O)OCC(C)C)cc2)c1. The Labute approximate surface area is 159 Å². The number of anilines is 1. The largest absolute Gasteiger partial charge is 0.497 e. The van der Waals surface area contributed by atoms with Crippen LogP contribution in [0.5, 0.6) is 11.5 Å². The number of benzene rings is 2. The van der Waals surface area contributed by atoms with Crippen molar-refractivity contribution in [3.05, 3.63) is 54.1 Å². The van der Waals surface area contributed by atoms with Gasteiger partial charge in [-0.3, -0.25) is 4.79 Å². The minimum Gasteiger partial charge on any atom is -0.497 e. The predicted octanol–water partition coefficient (Wildman–Crippen LogP) is 3.91. The zero-order valence-electron chi connectivity index (χ0n) is 16.0. The molecule has 6 heteroatoms. The maximum Gasteiger partial charge on any atom is 0.338 e. The second-order valence-electron chi connectivity index (χ2n) is 6.50. The van der Waals surface area contributed by atoms with Crippen molar-refractivity contribution in [2.75, 3.05) is 19.0 Å². The molecule has 0 aliphatic heterocycles. The molecule has 1 atom stereocenters. The van der Waals surface area contributed by atoms with E-state index in [0.29, 0.717) is 29.4 Å². The van der Waals surface area contributed by atoms with Crippen molar-refractivity contribution in [1.82, 2.24) is 0 Å². The first-order valence-electron chi connectivity index (χ1n) is 8.77. The Morgan fingerprint density at radius 1 is 1.00 bits per heavy atom. The normalized spacial score (nSPS) is 11.6. The summed E-state index contributed by atoms with van der Waals surface area (Å²) in [6.07, 6.45) is -0.701. The monoisotopic (exact) mass is 371 g/mol. The van der Waals surface area contributed by atoms with Crippen LogP contribution in [0.3, 0.4) is 0 Å². The van der Waals surface area contributed by atoms with E-state index in [1.54, 1.807) is 62.6 Å². The molecule has 0 aliphatic rings. The highest BCUT2D eigenvalue weighted by Crippen LogP contribution is 2.20. The van der Waals surface area contributed by atoms with E-state index in [4.69, 9.17) is 14.2 Å². The highest BCUT2D eigenvalue weighted by Gasteiger charge is 2.16. The summed E-state index contributed by atoms with van der Waals surface area (Å²) in [6.45, 7) is 5.98. The van der Waals surface area contributed by atoms with Gasteiger partial charge < -0.3 is 19.5 Å². The molecular formula is C21H25NO5. The molecule has 0 bridgehead atoms. The van der Waals surface area contributed by atoms with Crippen LogP contribution in [0.15, 0.2) is 48.5 Å². The first-order chi connectivity index (χ1) is 12.9. The predicted molar refractivity (Wildman–Crippen MR) is 103 cm³/mol. The van der Waals surface area contributed by atoms with Gasteiger partial charge >= 0.3 is 5.97 Å². The molecule has 0 fully saturated rings. The van der Waals surface area contributed by atoms with Gasteiger partial charge in [0.25, 0.3) is 5.91 Å². The lowest BCUT2D eigenvalue weighted by Crippen LogP contribution is -2.30. The second-order valence-corrected chi connectivity index (χ2v) is 6.50. The van der Waals surface area contributed by atoms with Gasteiger partial charge in [-0.1, -0.05) is 19.9 Å². The summed E-state index contributed by atoms with van der Waals surface area (Å²) < 4.78 is 16.0. The average Bonchev–Trinajstić information content (AvgIpc) is 2.66. The number of carbonyl (C=O) groups excluding carboxylic acids is 2. The van der Waals surface area contributed by atoms with Crippen molar-refractivity contribution >= 4 is 17.6 Å². The van der Waals surface area contributed by atoms with Gasteiger partial charge in [0.15, 0.2) is 6.10 Å². The number of methoxy groups -OCH3 is 1. The third-order valence-corrected chi connectivity index (χ3v) is 3.66. The van der Waals surface area contributed by atoms with E-state index in [9.17, 15) is 9.59 Å². The van der Waals surface area contributed by atoms with Crippen molar-refractivity contribution in [2.45, 2.75) is 26.9 Å². The summed E-state index contributed by atoms with van der Waals surface area (Å²) in [5.41, 5.74) is 1.01. The Kier molecular flexibility index (Phi) is 7.23. The van der Waals surface area contributed by atoms with Crippen molar-refractivity contribution in [1.29, 1.82) is 0 Å². The van der Waals surface area contributed by atoms with Crippen LogP contribution in [0.1, 0.15) is 31.1 Å². The number of hydrogen-bond acceptors (Lipinski definition) is 5. The topological polar surface area (TPSA) is 73.9 Å². The number of carbonyl (C=O) groups is 2. The van der Waals surface area contributed by atoms with Crippen LogP contribution in [-0.2, 0) is 9.53 Å². The van der Waals surface area contributed by atoms with E-state index in [0.717, 1.165) is 0 Å². The van der Waals surface area contributed by atoms with Gasteiger partial charge in [-0.15, -0.1) is 0 Å². The second kappa shape index (κ2) is 9.62. The summed E-state index contributed by atoms with van der Waals surface area (Å²) >= 11 is 0. The number of ether oxygens (including phenoxy) is 3. The van der Waals surface area contributed by atoms with Crippen molar-refractivity contribution in [3.8, 4) is 11.5 Å². The Hall–Kier alpha value is -3.02. The van der Waals surface area contributed by atoms with Gasteiger partial charge in [0.05, 0.1) is 19.3 Å². The Morgan fingerprint density at radius 3 is 2.30 bits per heavy atom. The number of amides is 1. The van der Waals surface area contributed by atoms with Gasteiger partial charge in [0, 0.05) is 11.8 Å². The first-order valence-corrected chi connectivity index (χ1v) is 8.77. The summed E-state index contributed by atoms with van der Waals surface area (Å²) in [5.74, 6) is 0.795. The molecule has 2 rings (SSSR count). The molecule has 2 aromatic carbocycles. The molecule has 27 heavy (non-hydrogen) atoms. The van der Waals surface area contributed by atoms with E-state index in [-0.39, 0.29) is 17.8 Å². The minimum absolute atomic E-state index is 0.276. The number of nitrogens with one attached hydrogen (secondary N) is 1. The molecule has 6 nitrogen and oxygen atoms in total. The fraction of sp³-hybridized carbons (Fsp3) is 0.333. The smallest absolute Gasteiger partial charge is 0.338 e. The summed E-state index contributed by atoms with van der Waals surface area (Å²) in [5, 5.41) is 2.76. The third kappa shape index (κ3) is 6.33. The molecule has 144 valence electrons. The van der Waals surface area contributed by atoms with Crippen LogP contribution in [0, 0.1) is 5.92 Å². The highest BCUT2D eigenvalue weighted by atomic mass is 16.5. The molecule has 0 spiro atoms. The van der Waals surface area contributed by atoms with Crippen molar-refractivity contribution in [3.63, 3.8) is 0 Å². The molecule has 2 aromatic rings. The number of hydrogen-bond donors (Lipinski definition) is 1. The van der Waals surface area contributed by atoms with Crippen molar-refractivity contribution < 1.29 is 23.8 Å². The summed E-state index contributed by atoms with van der Waals surface area (Å²) in [7, 11) is 1.57. The lowest BCUT2D eigenvalue weighted by molar-refractivity contribution is -0.122. The number of esters is 1. The molecule has 0 radical (unpaired) electrons. The molecule has 0 heterocycles. The average molecular weight is 371 g/mol. The molecule has 1 amide bonds. The molecule has 0 saturated heterocycles. The van der Waals surface area contributed by atoms with E-state index in [2.05, 4.69) is 5.32 Å². The van der Waals surface area contributed by atoms with E-state index in [1.165, 1.54) is 0 Å². The van der Waals surface area contributed by atoms with E-state index < -0.39 is 6.10 Å². The van der Waals surface area contributed by atoms with Gasteiger partial charge in [0.2, 0.25) is 0 Å². The summed E-state index contributed by atoms with van der Waals surface area (Å²) in [4.78, 5) is 24.2. The van der Waals surface area contributed by atoms with Gasteiger partial charge in [-0.05, 0) is 49.2 Å². The Bertz CT molecular complexity index is 770.